The van der Waals surface area contributed by atoms with E-state index in [9.17, 15) is 5.11 Å². The van der Waals surface area contributed by atoms with Gasteiger partial charge in [-0.3, -0.25) is 4.90 Å². The molecule has 3 atom stereocenters. The van der Waals surface area contributed by atoms with E-state index in [-0.39, 0.29) is 6.10 Å². The molecule has 1 aliphatic carbocycles. The molecule has 2 heteroatoms. The first-order valence-electron chi connectivity index (χ1n) is 9.64. The lowest BCUT2D eigenvalue weighted by molar-refractivity contribution is 0.0192. The molecule has 2 rings (SSSR count). The maximum absolute atomic E-state index is 10.8. The average Bonchev–Trinajstić information content (AvgIpc) is 2.92. The Morgan fingerprint density at radius 2 is 1.33 bits per heavy atom. The molecule has 3 unspecified atom stereocenters. The molecular weight excluding hydrogens is 258 g/mol. The van der Waals surface area contributed by atoms with Gasteiger partial charge in [-0.25, -0.2) is 0 Å². The molecule has 0 bridgehead atoms. The Labute approximate surface area is 132 Å². The van der Waals surface area contributed by atoms with Gasteiger partial charge in [0.15, 0.2) is 0 Å². The smallest absolute Gasteiger partial charge is 0.0695 e. The lowest BCUT2D eigenvalue weighted by Gasteiger charge is -2.38. The van der Waals surface area contributed by atoms with Crippen molar-refractivity contribution in [1.82, 2.24) is 4.90 Å². The Balaban J connectivity index is 1.97. The summed E-state index contributed by atoms with van der Waals surface area (Å²) in [5.41, 5.74) is 0. The van der Waals surface area contributed by atoms with Crippen LogP contribution in [0.5, 0.6) is 0 Å². The number of likely N-dealkylation sites (tertiary alicyclic amines) is 1. The average molecular weight is 296 g/mol. The van der Waals surface area contributed by atoms with Crippen molar-refractivity contribution in [3.05, 3.63) is 0 Å². The summed E-state index contributed by atoms with van der Waals surface area (Å²) in [6.45, 7) is 5.92. The number of rotatable bonds is 2. The topological polar surface area (TPSA) is 23.5 Å². The normalized spacial score (nSPS) is 34.6. The second-order valence-corrected chi connectivity index (χ2v) is 7.73. The van der Waals surface area contributed by atoms with E-state index in [1.165, 1.54) is 77.2 Å². The van der Waals surface area contributed by atoms with E-state index in [1.807, 2.05) is 0 Å². The van der Waals surface area contributed by atoms with Crippen LogP contribution in [-0.4, -0.2) is 34.7 Å². The summed E-state index contributed by atoms with van der Waals surface area (Å²) in [7, 11) is 0. The predicted octanol–water partition coefficient (Wildman–Crippen LogP) is 4.75. The SMILES string of the molecule is CC(C)C1CCCN1C1CCCCCCCCCCC1O. The molecule has 1 aliphatic heterocycles. The van der Waals surface area contributed by atoms with Crippen molar-refractivity contribution in [1.29, 1.82) is 0 Å². The molecule has 2 aliphatic rings. The summed E-state index contributed by atoms with van der Waals surface area (Å²) >= 11 is 0. The van der Waals surface area contributed by atoms with Gasteiger partial charge in [-0.2, -0.15) is 0 Å². The maximum Gasteiger partial charge on any atom is 0.0695 e. The van der Waals surface area contributed by atoms with Crippen molar-refractivity contribution in [2.45, 2.75) is 109 Å². The first-order chi connectivity index (χ1) is 10.2. The van der Waals surface area contributed by atoms with Gasteiger partial charge >= 0.3 is 0 Å². The van der Waals surface area contributed by atoms with E-state index in [1.54, 1.807) is 0 Å². The third-order valence-corrected chi connectivity index (χ3v) is 5.73. The minimum absolute atomic E-state index is 0.0937. The Morgan fingerprint density at radius 1 is 0.762 bits per heavy atom. The van der Waals surface area contributed by atoms with Crippen LogP contribution in [0.15, 0.2) is 0 Å². The number of hydrogen-bond acceptors (Lipinski definition) is 2. The van der Waals surface area contributed by atoms with E-state index >= 15 is 0 Å². The molecule has 2 fully saturated rings. The van der Waals surface area contributed by atoms with Crippen molar-refractivity contribution in [3.63, 3.8) is 0 Å². The molecular formula is C19H37NO. The Morgan fingerprint density at radius 3 is 1.95 bits per heavy atom. The Bertz CT molecular complexity index is 279. The third-order valence-electron chi connectivity index (χ3n) is 5.73. The minimum Gasteiger partial charge on any atom is -0.391 e. The van der Waals surface area contributed by atoms with Crippen LogP contribution >= 0.6 is 0 Å². The van der Waals surface area contributed by atoms with Crippen molar-refractivity contribution in [2.75, 3.05) is 6.54 Å². The highest BCUT2D eigenvalue weighted by Crippen LogP contribution is 2.30. The first kappa shape index (κ1) is 17.3. The van der Waals surface area contributed by atoms with Gasteiger partial charge in [0.1, 0.15) is 0 Å². The van der Waals surface area contributed by atoms with E-state index in [4.69, 9.17) is 0 Å². The van der Waals surface area contributed by atoms with Gasteiger partial charge < -0.3 is 5.11 Å². The summed E-state index contributed by atoms with van der Waals surface area (Å²) < 4.78 is 0. The fraction of sp³-hybridized carbons (Fsp3) is 1.00. The zero-order chi connectivity index (χ0) is 15.1. The molecule has 2 nitrogen and oxygen atoms in total. The molecule has 1 N–H and O–H groups in total. The van der Waals surface area contributed by atoms with Crippen LogP contribution in [0.2, 0.25) is 0 Å². The van der Waals surface area contributed by atoms with Crippen molar-refractivity contribution >= 4 is 0 Å². The summed E-state index contributed by atoms with van der Waals surface area (Å²) in [5, 5.41) is 10.8. The van der Waals surface area contributed by atoms with Gasteiger partial charge in [0, 0.05) is 12.1 Å². The summed E-state index contributed by atoms with van der Waals surface area (Å²) in [6.07, 6.45) is 15.6. The summed E-state index contributed by atoms with van der Waals surface area (Å²) in [6, 6.07) is 1.14. The molecule has 1 heterocycles. The number of aliphatic hydroxyl groups is 1. The van der Waals surface area contributed by atoms with Gasteiger partial charge in [0.05, 0.1) is 6.10 Å². The van der Waals surface area contributed by atoms with Crippen LogP contribution in [0.4, 0.5) is 0 Å². The van der Waals surface area contributed by atoms with Gasteiger partial charge in [0.25, 0.3) is 0 Å². The fourth-order valence-electron chi connectivity index (χ4n) is 4.48. The quantitative estimate of drug-likeness (QED) is 0.794. The maximum atomic E-state index is 10.8. The van der Waals surface area contributed by atoms with Crippen LogP contribution < -0.4 is 0 Å². The van der Waals surface area contributed by atoms with Gasteiger partial charge in [-0.15, -0.1) is 0 Å². The minimum atomic E-state index is -0.0937. The van der Waals surface area contributed by atoms with Crippen molar-refractivity contribution in [2.24, 2.45) is 5.92 Å². The summed E-state index contributed by atoms with van der Waals surface area (Å²) in [4.78, 5) is 2.68. The zero-order valence-electron chi connectivity index (χ0n) is 14.4. The molecule has 0 spiro atoms. The molecule has 0 radical (unpaired) electrons. The fourth-order valence-corrected chi connectivity index (χ4v) is 4.48. The highest BCUT2D eigenvalue weighted by atomic mass is 16.3. The lowest BCUT2D eigenvalue weighted by Crippen LogP contribution is -2.47. The number of aliphatic hydroxyl groups excluding tert-OH is 1. The lowest BCUT2D eigenvalue weighted by atomic mass is 9.92. The van der Waals surface area contributed by atoms with Crippen molar-refractivity contribution in [3.8, 4) is 0 Å². The largest absolute Gasteiger partial charge is 0.391 e. The molecule has 0 amide bonds. The van der Waals surface area contributed by atoms with Crippen LogP contribution in [0, 0.1) is 5.92 Å². The number of nitrogens with zero attached hydrogens (tertiary/aromatic N) is 1. The molecule has 0 aromatic rings. The Kier molecular flexibility index (Phi) is 7.53. The van der Waals surface area contributed by atoms with E-state index in [0.29, 0.717) is 12.1 Å². The second-order valence-electron chi connectivity index (χ2n) is 7.73. The highest BCUT2D eigenvalue weighted by Gasteiger charge is 2.35. The molecule has 0 aromatic heterocycles. The van der Waals surface area contributed by atoms with Gasteiger partial charge in [0.2, 0.25) is 0 Å². The molecule has 1 saturated carbocycles. The van der Waals surface area contributed by atoms with Gasteiger partial charge in [-0.1, -0.05) is 65.2 Å². The van der Waals surface area contributed by atoms with Crippen molar-refractivity contribution < 1.29 is 5.11 Å². The molecule has 1 saturated heterocycles. The monoisotopic (exact) mass is 295 g/mol. The predicted molar refractivity (Wildman–Crippen MR) is 90.5 cm³/mol. The molecule has 21 heavy (non-hydrogen) atoms. The van der Waals surface area contributed by atoms with Gasteiger partial charge in [-0.05, 0) is 38.1 Å². The zero-order valence-corrected chi connectivity index (χ0v) is 14.4. The highest BCUT2D eigenvalue weighted by molar-refractivity contribution is 4.90. The van der Waals surface area contributed by atoms with E-state index in [2.05, 4.69) is 18.7 Å². The van der Waals surface area contributed by atoms with Crippen LogP contribution in [0.25, 0.3) is 0 Å². The first-order valence-corrected chi connectivity index (χ1v) is 9.64. The molecule has 124 valence electrons. The standard InChI is InChI=1S/C19H37NO/c1-16(2)17-13-11-15-20(17)18-12-9-7-5-3-4-6-8-10-14-19(18)21/h16-19,21H,3-15H2,1-2H3. The molecule has 0 aromatic carbocycles. The third kappa shape index (κ3) is 5.25. The number of hydrogen-bond donors (Lipinski definition) is 1. The second kappa shape index (κ2) is 9.15. The van der Waals surface area contributed by atoms with E-state index < -0.39 is 0 Å². The Hall–Kier alpha value is -0.0800. The van der Waals surface area contributed by atoms with E-state index in [0.717, 1.165) is 12.3 Å². The van der Waals surface area contributed by atoms with Crippen LogP contribution in [0.1, 0.15) is 90.9 Å². The van der Waals surface area contributed by atoms with Crippen LogP contribution in [0.3, 0.4) is 0 Å². The summed E-state index contributed by atoms with van der Waals surface area (Å²) in [5.74, 6) is 0.723. The van der Waals surface area contributed by atoms with Crippen LogP contribution in [-0.2, 0) is 0 Å².